The highest BCUT2D eigenvalue weighted by Crippen LogP contribution is 2.32. The van der Waals surface area contributed by atoms with Crippen LogP contribution in [0.2, 0.25) is 5.02 Å². The van der Waals surface area contributed by atoms with Crippen molar-refractivity contribution in [2.24, 2.45) is 0 Å². The van der Waals surface area contributed by atoms with Gasteiger partial charge in [0.2, 0.25) is 5.95 Å². The first-order valence-electron chi connectivity index (χ1n) is 9.77. The Morgan fingerprint density at radius 3 is 2.50 bits per heavy atom. The SMILES string of the molecule is Cc1ccc2nc(N(C)Cc3ccccc3)n3c(-c4ccccc4Cl)nnc3c2c1. The summed E-state index contributed by atoms with van der Waals surface area (Å²) in [6.07, 6.45) is 0. The molecule has 0 saturated heterocycles. The van der Waals surface area contributed by atoms with E-state index >= 15 is 0 Å². The number of fused-ring (bicyclic) bond motifs is 3. The molecule has 0 aliphatic rings. The molecule has 5 rings (SSSR count). The van der Waals surface area contributed by atoms with Gasteiger partial charge in [0.15, 0.2) is 11.5 Å². The molecule has 2 heterocycles. The summed E-state index contributed by atoms with van der Waals surface area (Å²) >= 11 is 6.51. The fraction of sp³-hybridized carbons (Fsp3) is 0.125. The van der Waals surface area contributed by atoms with Gasteiger partial charge in [0.25, 0.3) is 0 Å². The van der Waals surface area contributed by atoms with Gasteiger partial charge >= 0.3 is 0 Å². The van der Waals surface area contributed by atoms with Crippen molar-refractivity contribution in [3.05, 3.63) is 88.9 Å². The summed E-state index contributed by atoms with van der Waals surface area (Å²) in [6, 6.07) is 24.2. The summed E-state index contributed by atoms with van der Waals surface area (Å²) in [5.41, 5.74) is 4.84. The minimum Gasteiger partial charge on any atom is -0.341 e. The van der Waals surface area contributed by atoms with E-state index < -0.39 is 0 Å². The summed E-state index contributed by atoms with van der Waals surface area (Å²) in [6.45, 7) is 2.77. The highest BCUT2D eigenvalue weighted by molar-refractivity contribution is 6.33. The van der Waals surface area contributed by atoms with Crippen molar-refractivity contribution < 1.29 is 0 Å². The Labute approximate surface area is 179 Å². The summed E-state index contributed by atoms with van der Waals surface area (Å²) in [5.74, 6) is 1.45. The Morgan fingerprint density at radius 1 is 0.933 bits per heavy atom. The highest BCUT2D eigenvalue weighted by atomic mass is 35.5. The Kier molecular flexibility index (Phi) is 4.60. The van der Waals surface area contributed by atoms with Crippen molar-refractivity contribution in [1.29, 1.82) is 0 Å². The highest BCUT2D eigenvalue weighted by Gasteiger charge is 2.20. The van der Waals surface area contributed by atoms with Gasteiger partial charge in [-0.1, -0.05) is 65.7 Å². The fourth-order valence-corrected chi connectivity index (χ4v) is 3.95. The van der Waals surface area contributed by atoms with Crippen molar-refractivity contribution in [2.75, 3.05) is 11.9 Å². The Balaban J connectivity index is 1.78. The molecule has 30 heavy (non-hydrogen) atoms. The minimum atomic E-state index is 0.632. The number of rotatable bonds is 4. The van der Waals surface area contributed by atoms with Crippen LogP contribution in [0.3, 0.4) is 0 Å². The van der Waals surface area contributed by atoms with E-state index in [1.165, 1.54) is 5.56 Å². The monoisotopic (exact) mass is 413 g/mol. The molecule has 3 aromatic carbocycles. The molecule has 0 spiro atoms. The van der Waals surface area contributed by atoms with Crippen LogP contribution >= 0.6 is 11.6 Å². The molecule has 0 aliphatic carbocycles. The summed E-state index contributed by atoms with van der Waals surface area (Å²) in [4.78, 5) is 7.11. The van der Waals surface area contributed by atoms with Gasteiger partial charge in [-0.15, -0.1) is 10.2 Å². The van der Waals surface area contributed by atoms with Crippen LogP contribution in [0.25, 0.3) is 27.9 Å². The molecule has 0 unspecified atom stereocenters. The Bertz CT molecular complexity index is 1360. The Morgan fingerprint density at radius 2 is 1.70 bits per heavy atom. The number of aryl methyl sites for hydroxylation is 1. The predicted octanol–water partition coefficient (Wildman–Crippen LogP) is 5.54. The van der Waals surface area contributed by atoms with E-state index in [2.05, 4.69) is 46.3 Å². The maximum atomic E-state index is 6.51. The normalized spacial score (nSPS) is 11.3. The lowest BCUT2D eigenvalue weighted by Crippen LogP contribution is -2.21. The number of aromatic nitrogens is 4. The maximum Gasteiger partial charge on any atom is 0.213 e. The van der Waals surface area contributed by atoms with Crippen LogP contribution in [0, 0.1) is 6.92 Å². The molecule has 6 heteroatoms. The number of nitrogens with zero attached hydrogens (tertiary/aromatic N) is 5. The second-order valence-electron chi connectivity index (χ2n) is 7.44. The van der Waals surface area contributed by atoms with Crippen LogP contribution in [0.15, 0.2) is 72.8 Å². The van der Waals surface area contributed by atoms with Crippen LogP contribution in [0.5, 0.6) is 0 Å². The third-order valence-electron chi connectivity index (χ3n) is 5.20. The average Bonchev–Trinajstić information content (AvgIpc) is 3.19. The van der Waals surface area contributed by atoms with Gasteiger partial charge in [-0.25, -0.2) is 9.38 Å². The lowest BCUT2D eigenvalue weighted by molar-refractivity contribution is 0.857. The molecule has 0 amide bonds. The van der Waals surface area contributed by atoms with E-state index in [-0.39, 0.29) is 0 Å². The zero-order valence-corrected chi connectivity index (χ0v) is 17.5. The second kappa shape index (κ2) is 7.43. The summed E-state index contributed by atoms with van der Waals surface area (Å²) in [7, 11) is 2.03. The standard InChI is InChI=1S/C24H20ClN5/c1-16-12-13-21-19(14-16)23-28-27-22(18-10-6-7-11-20(18)25)30(23)24(26-21)29(2)15-17-8-4-3-5-9-17/h3-14H,15H2,1-2H3. The molecule has 0 saturated carbocycles. The Hall–Kier alpha value is -3.44. The van der Waals surface area contributed by atoms with Gasteiger partial charge in [-0.05, 0) is 36.8 Å². The van der Waals surface area contributed by atoms with E-state index in [0.29, 0.717) is 17.4 Å². The first kappa shape index (κ1) is 18.6. The number of hydrogen-bond donors (Lipinski definition) is 0. The molecule has 5 aromatic rings. The molecule has 0 fully saturated rings. The fourth-order valence-electron chi connectivity index (χ4n) is 3.73. The smallest absolute Gasteiger partial charge is 0.213 e. The third-order valence-corrected chi connectivity index (χ3v) is 5.52. The lowest BCUT2D eigenvalue weighted by atomic mass is 10.1. The van der Waals surface area contributed by atoms with Gasteiger partial charge in [-0.2, -0.15) is 0 Å². The molecule has 0 radical (unpaired) electrons. The van der Waals surface area contributed by atoms with E-state index in [0.717, 1.165) is 33.6 Å². The van der Waals surface area contributed by atoms with E-state index in [1.807, 2.05) is 60.0 Å². The van der Waals surface area contributed by atoms with E-state index in [4.69, 9.17) is 16.6 Å². The van der Waals surface area contributed by atoms with Crippen molar-refractivity contribution in [1.82, 2.24) is 19.6 Å². The number of anilines is 1. The van der Waals surface area contributed by atoms with Crippen LogP contribution in [-0.2, 0) is 6.54 Å². The van der Waals surface area contributed by atoms with Crippen molar-refractivity contribution in [3.8, 4) is 11.4 Å². The molecule has 2 aromatic heterocycles. The van der Waals surface area contributed by atoms with Gasteiger partial charge in [0.05, 0.1) is 10.5 Å². The van der Waals surface area contributed by atoms with Crippen molar-refractivity contribution in [2.45, 2.75) is 13.5 Å². The number of hydrogen-bond acceptors (Lipinski definition) is 4. The van der Waals surface area contributed by atoms with Crippen molar-refractivity contribution >= 4 is 34.1 Å². The molecule has 148 valence electrons. The summed E-state index contributed by atoms with van der Waals surface area (Å²) < 4.78 is 2.01. The van der Waals surface area contributed by atoms with Gasteiger partial charge < -0.3 is 4.90 Å². The topological polar surface area (TPSA) is 46.3 Å². The quantitative estimate of drug-likeness (QED) is 0.388. The van der Waals surface area contributed by atoms with Gasteiger partial charge in [0, 0.05) is 24.5 Å². The molecule has 0 aliphatic heterocycles. The molecular formula is C24H20ClN5. The molecule has 0 N–H and O–H groups in total. The van der Waals surface area contributed by atoms with Gasteiger partial charge in [-0.3, -0.25) is 0 Å². The molecular weight excluding hydrogens is 394 g/mol. The van der Waals surface area contributed by atoms with Gasteiger partial charge in [0.1, 0.15) is 0 Å². The maximum absolute atomic E-state index is 6.51. The summed E-state index contributed by atoms with van der Waals surface area (Å²) in [5, 5.41) is 10.7. The predicted molar refractivity (Wildman–Crippen MR) is 122 cm³/mol. The van der Waals surface area contributed by atoms with E-state index in [1.54, 1.807) is 0 Å². The second-order valence-corrected chi connectivity index (χ2v) is 7.84. The molecule has 0 atom stereocenters. The van der Waals surface area contributed by atoms with Crippen LogP contribution in [0.1, 0.15) is 11.1 Å². The zero-order chi connectivity index (χ0) is 20.7. The zero-order valence-electron chi connectivity index (χ0n) is 16.7. The number of benzene rings is 3. The number of halogens is 1. The van der Waals surface area contributed by atoms with Crippen LogP contribution in [0.4, 0.5) is 5.95 Å². The first-order chi connectivity index (χ1) is 14.6. The van der Waals surface area contributed by atoms with Crippen molar-refractivity contribution in [3.63, 3.8) is 0 Å². The van der Waals surface area contributed by atoms with E-state index in [9.17, 15) is 0 Å². The largest absolute Gasteiger partial charge is 0.341 e. The average molecular weight is 414 g/mol. The first-order valence-corrected chi connectivity index (χ1v) is 10.1. The third kappa shape index (κ3) is 3.17. The van der Waals surface area contributed by atoms with Crippen LogP contribution < -0.4 is 4.90 Å². The molecule has 0 bridgehead atoms. The lowest BCUT2D eigenvalue weighted by Gasteiger charge is -2.21. The minimum absolute atomic E-state index is 0.632. The van der Waals surface area contributed by atoms with Crippen LogP contribution in [-0.4, -0.2) is 26.6 Å². The molecule has 5 nitrogen and oxygen atoms in total.